The summed E-state index contributed by atoms with van der Waals surface area (Å²) in [7, 11) is 0. The summed E-state index contributed by atoms with van der Waals surface area (Å²) in [6.07, 6.45) is 11.0. The number of benzene rings is 1. The molecule has 0 spiro atoms. The first-order valence-electron chi connectivity index (χ1n) is 16.1. The Hall–Kier alpha value is -1.39. The van der Waals surface area contributed by atoms with Gasteiger partial charge in [-0.1, -0.05) is 80.9 Å². The summed E-state index contributed by atoms with van der Waals surface area (Å²) in [5, 5.41) is 22.5. The van der Waals surface area contributed by atoms with Gasteiger partial charge in [0.05, 0.1) is 11.5 Å². The van der Waals surface area contributed by atoms with Crippen LogP contribution < -0.4 is 0 Å². The van der Waals surface area contributed by atoms with E-state index in [1.807, 2.05) is 0 Å². The summed E-state index contributed by atoms with van der Waals surface area (Å²) < 4.78 is 1.06. The molecular formula is C37H51BrO3. The average Bonchev–Trinajstić information content (AvgIpc) is 3.29. The highest BCUT2D eigenvalue weighted by Crippen LogP contribution is 2.77. The highest BCUT2D eigenvalue weighted by atomic mass is 79.9. The molecule has 5 aliphatic rings. The molecule has 1 aromatic rings. The number of aliphatic carboxylic acids is 1. The minimum absolute atomic E-state index is 0.0896. The van der Waals surface area contributed by atoms with Crippen LogP contribution in [0.15, 0.2) is 46.5 Å². The van der Waals surface area contributed by atoms with Crippen LogP contribution in [-0.4, -0.2) is 22.3 Å². The summed E-state index contributed by atoms with van der Waals surface area (Å²) in [5.74, 6) is 1.41. The summed E-state index contributed by atoms with van der Waals surface area (Å²) in [5.41, 5.74) is 3.08. The van der Waals surface area contributed by atoms with Gasteiger partial charge in [0.2, 0.25) is 0 Å². The largest absolute Gasteiger partial charge is 0.481 e. The standard InChI is InChI=1S/C37H51BrO3/c1-22(2)26-13-16-37(32(40)41)18-17-35(6)27(30(26)37)11-12-29-34(5)21-24(19-23-9-8-10-25(38)20-23)31(39)33(3,4)28(34)14-15-36(29,35)7/h8-10,19-20,26-31,39H,1,11-18,21H2,2-7H3,(H,40,41)/b24-19+/t26-,27+,28-,29+,30+,31-,34-,35+,36+,37-/m0/s1. The first kappa shape index (κ1) is 29.7. The van der Waals surface area contributed by atoms with Crippen LogP contribution in [-0.2, 0) is 4.79 Å². The molecule has 41 heavy (non-hydrogen) atoms. The van der Waals surface area contributed by atoms with Crippen molar-refractivity contribution in [3.63, 3.8) is 0 Å². The molecule has 0 heterocycles. The Labute approximate surface area is 256 Å². The van der Waals surface area contributed by atoms with E-state index in [0.717, 1.165) is 61.4 Å². The first-order valence-corrected chi connectivity index (χ1v) is 16.9. The SMILES string of the molecule is C=C(C)[C@@H]1CC[C@]2(C(=O)O)CC[C@]3(C)[C@H](CC[C@@H]4[C@@]5(C)C/C(=C\c6cccc(Br)c6)[C@H](O)C(C)(C)[C@@H]5CC[C@]43C)[C@@H]12. The predicted octanol–water partition coefficient (Wildman–Crippen LogP) is 9.55. The van der Waals surface area contributed by atoms with E-state index in [-0.39, 0.29) is 27.6 Å². The molecule has 1 aromatic carbocycles. The smallest absolute Gasteiger partial charge is 0.309 e. The van der Waals surface area contributed by atoms with Gasteiger partial charge in [-0.25, -0.2) is 0 Å². The number of fused-ring (bicyclic) bond motifs is 7. The number of aliphatic hydroxyl groups excluding tert-OH is 1. The van der Waals surface area contributed by atoms with E-state index in [0.29, 0.717) is 23.7 Å². The highest BCUT2D eigenvalue weighted by molar-refractivity contribution is 9.10. The van der Waals surface area contributed by atoms with Crippen LogP contribution in [0.2, 0.25) is 0 Å². The van der Waals surface area contributed by atoms with Crippen LogP contribution in [0.3, 0.4) is 0 Å². The third-order valence-electron chi connectivity index (χ3n) is 14.5. The third kappa shape index (κ3) is 3.94. The topological polar surface area (TPSA) is 57.5 Å². The lowest BCUT2D eigenvalue weighted by atomic mass is 9.32. The number of carboxylic acid groups (broad SMARTS) is 1. The number of carbonyl (C=O) groups is 1. The Kier molecular flexibility index (Phi) is 6.91. The number of aliphatic hydroxyl groups is 1. The molecule has 10 atom stereocenters. The Morgan fingerprint density at radius 2 is 1.71 bits per heavy atom. The van der Waals surface area contributed by atoms with Gasteiger partial charge in [0, 0.05) is 4.47 Å². The van der Waals surface area contributed by atoms with E-state index in [1.54, 1.807) is 0 Å². The van der Waals surface area contributed by atoms with Gasteiger partial charge in [-0.2, -0.15) is 0 Å². The molecule has 0 amide bonds. The molecule has 6 rings (SSSR count). The molecule has 5 aliphatic carbocycles. The molecule has 5 fully saturated rings. The lowest BCUT2D eigenvalue weighted by Crippen LogP contribution is -2.67. The number of carboxylic acids is 1. The molecule has 0 aliphatic heterocycles. The number of halogens is 1. The molecular weight excluding hydrogens is 572 g/mol. The fourth-order valence-electron chi connectivity index (χ4n) is 12.5. The number of hydrogen-bond donors (Lipinski definition) is 2. The number of hydrogen-bond acceptors (Lipinski definition) is 2. The van der Waals surface area contributed by atoms with Crippen molar-refractivity contribution in [1.82, 2.24) is 0 Å². The first-order chi connectivity index (χ1) is 19.1. The Morgan fingerprint density at radius 3 is 2.37 bits per heavy atom. The zero-order valence-electron chi connectivity index (χ0n) is 26.1. The van der Waals surface area contributed by atoms with E-state index in [4.69, 9.17) is 0 Å². The average molecular weight is 624 g/mol. The summed E-state index contributed by atoms with van der Waals surface area (Å²) in [4.78, 5) is 13.0. The number of allylic oxidation sites excluding steroid dienone is 1. The Morgan fingerprint density at radius 1 is 0.976 bits per heavy atom. The second-order valence-electron chi connectivity index (χ2n) is 16.3. The van der Waals surface area contributed by atoms with Gasteiger partial charge in [0.1, 0.15) is 0 Å². The zero-order valence-corrected chi connectivity index (χ0v) is 27.7. The van der Waals surface area contributed by atoms with Crippen LogP contribution in [0.4, 0.5) is 0 Å². The van der Waals surface area contributed by atoms with Gasteiger partial charge in [-0.3, -0.25) is 4.79 Å². The monoisotopic (exact) mass is 622 g/mol. The molecule has 4 heteroatoms. The second-order valence-corrected chi connectivity index (χ2v) is 17.2. The summed E-state index contributed by atoms with van der Waals surface area (Å²) >= 11 is 3.63. The van der Waals surface area contributed by atoms with E-state index in [9.17, 15) is 15.0 Å². The van der Waals surface area contributed by atoms with Crippen LogP contribution in [0.25, 0.3) is 6.08 Å². The van der Waals surface area contributed by atoms with Crippen LogP contribution in [0.1, 0.15) is 105 Å². The third-order valence-corrected chi connectivity index (χ3v) is 15.0. The molecule has 224 valence electrons. The van der Waals surface area contributed by atoms with Gasteiger partial charge < -0.3 is 10.2 Å². The van der Waals surface area contributed by atoms with E-state index in [2.05, 4.69) is 94.4 Å². The molecule has 0 bridgehead atoms. The Balaban J connectivity index is 1.41. The molecule has 0 saturated heterocycles. The highest BCUT2D eigenvalue weighted by Gasteiger charge is 2.72. The maximum absolute atomic E-state index is 13.0. The van der Waals surface area contributed by atoms with Crippen molar-refractivity contribution in [2.45, 2.75) is 105 Å². The predicted molar refractivity (Wildman–Crippen MR) is 170 cm³/mol. The van der Waals surface area contributed by atoms with Gasteiger partial charge in [0.15, 0.2) is 0 Å². The van der Waals surface area contributed by atoms with E-state index >= 15 is 0 Å². The van der Waals surface area contributed by atoms with Crippen molar-refractivity contribution in [2.24, 2.45) is 56.7 Å². The molecule has 5 saturated carbocycles. The van der Waals surface area contributed by atoms with Gasteiger partial charge >= 0.3 is 5.97 Å². The van der Waals surface area contributed by atoms with Crippen molar-refractivity contribution in [3.05, 3.63) is 52.0 Å². The van der Waals surface area contributed by atoms with E-state index in [1.165, 1.54) is 17.6 Å². The van der Waals surface area contributed by atoms with Crippen molar-refractivity contribution in [2.75, 3.05) is 0 Å². The molecule has 0 aromatic heterocycles. The summed E-state index contributed by atoms with van der Waals surface area (Å²) in [6.45, 7) is 18.9. The minimum Gasteiger partial charge on any atom is -0.481 e. The van der Waals surface area contributed by atoms with Crippen molar-refractivity contribution >= 4 is 28.0 Å². The van der Waals surface area contributed by atoms with Crippen molar-refractivity contribution in [3.8, 4) is 0 Å². The lowest BCUT2D eigenvalue weighted by Gasteiger charge is -2.72. The maximum atomic E-state index is 13.0. The fraction of sp³-hybridized carbons (Fsp3) is 0.703. The number of rotatable bonds is 3. The van der Waals surface area contributed by atoms with Crippen LogP contribution in [0.5, 0.6) is 0 Å². The normalized spacial score (nSPS) is 47.6. The molecule has 2 N–H and O–H groups in total. The van der Waals surface area contributed by atoms with Crippen LogP contribution >= 0.6 is 15.9 Å². The quantitative estimate of drug-likeness (QED) is 0.330. The van der Waals surface area contributed by atoms with Gasteiger partial charge in [-0.15, -0.1) is 0 Å². The molecule has 3 nitrogen and oxygen atoms in total. The van der Waals surface area contributed by atoms with Gasteiger partial charge in [0.25, 0.3) is 0 Å². The molecule has 0 unspecified atom stereocenters. The minimum atomic E-state index is -0.575. The molecule has 0 radical (unpaired) electrons. The maximum Gasteiger partial charge on any atom is 0.309 e. The zero-order chi connectivity index (χ0) is 29.8. The van der Waals surface area contributed by atoms with Crippen molar-refractivity contribution < 1.29 is 15.0 Å². The van der Waals surface area contributed by atoms with Gasteiger partial charge in [-0.05, 0) is 139 Å². The fourth-order valence-corrected chi connectivity index (χ4v) is 12.9. The summed E-state index contributed by atoms with van der Waals surface area (Å²) in [6, 6.07) is 8.41. The Bertz CT molecular complexity index is 1300. The van der Waals surface area contributed by atoms with Crippen LogP contribution in [0, 0.1) is 56.7 Å². The second kappa shape index (κ2) is 9.55. The lowest BCUT2D eigenvalue weighted by molar-refractivity contribution is -0.240. The van der Waals surface area contributed by atoms with E-state index < -0.39 is 17.5 Å². The van der Waals surface area contributed by atoms with Crippen molar-refractivity contribution in [1.29, 1.82) is 0 Å².